The molecule has 2 aromatic rings. The smallest absolute Gasteiger partial charge is 0.208 e. The van der Waals surface area contributed by atoms with Gasteiger partial charge < -0.3 is 0 Å². The highest BCUT2D eigenvalue weighted by molar-refractivity contribution is 9.08. The van der Waals surface area contributed by atoms with Gasteiger partial charge >= 0.3 is 0 Å². The summed E-state index contributed by atoms with van der Waals surface area (Å²) in [7, 11) is -3.46. The van der Waals surface area contributed by atoms with Crippen molar-refractivity contribution in [3.05, 3.63) is 51.7 Å². The average Bonchev–Trinajstić information content (AvgIpc) is 2.83. The molecule has 1 aromatic heterocycles. The molecule has 1 aromatic carbocycles. The number of alkyl halides is 1. The summed E-state index contributed by atoms with van der Waals surface area (Å²) in [5.74, 6) is 0. The molecule has 1 unspecified atom stereocenters. The van der Waals surface area contributed by atoms with Gasteiger partial charge in [-0.1, -0.05) is 28.1 Å². The Balaban J connectivity index is 2.05. The number of thiophene rings is 1. The number of hydrogen-bond donors (Lipinski definition) is 1. The Morgan fingerprint density at radius 1 is 1.19 bits per heavy atom. The van der Waals surface area contributed by atoms with Crippen LogP contribution in [-0.4, -0.2) is 14.5 Å². The zero-order valence-corrected chi connectivity index (χ0v) is 15.2. The summed E-state index contributed by atoms with van der Waals surface area (Å²) in [6, 6.07) is 10.9. The molecule has 0 aliphatic heterocycles. The number of aryl methyl sites for hydroxylation is 1. The molecule has 114 valence electrons. The average molecular weight is 388 g/mol. The van der Waals surface area contributed by atoms with E-state index in [0.717, 1.165) is 10.9 Å². The number of hydrogen-bond acceptors (Lipinski definition) is 3. The van der Waals surface area contributed by atoms with Crippen molar-refractivity contribution in [2.24, 2.45) is 0 Å². The van der Waals surface area contributed by atoms with Gasteiger partial charge in [-0.2, -0.15) is 0 Å². The monoisotopic (exact) mass is 387 g/mol. The topological polar surface area (TPSA) is 46.2 Å². The molecule has 0 fully saturated rings. The van der Waals surface area contributed by atoms with E-state index >= 15 is 0 Å². The molecular weight excluding hydrogens is 370 g/mol. The molecule has 0 aliphatic rings. The highest BCUT2D eigenvalue weighted by atomic mass is 79.9. The van der Waals surface area contributed by atoms with Crippen LogP contribution in [0.4, 0.5) is 0 Å². The normalized spacial score (nSPS) is 13.3. The molecule has 0 saturated heterocycles. The molecule has 0 saturated carbocycles. The zero-order valence-electron chi connectivity index (χ0n) is 12.0. The van der Waals surface area contributed by atoms with E-state index in [9.17, 15) is 8.42 Å². The van der Waals surface area contributed by atoms with Gasteiger partial charge in [-0.15, -0.1) is 11.3 Å². The van der Waals surface area contributed by atoms with E-state index in [2.05, 4.69) is 39.7 Å². The molecule has 0 amide bonds. The van der Waals surface area contributed by atoms with Crippen molar-refractivity contribution in [2.45, 2.75) is 36.5 Å². The van der Waals surface area contributed by atoms with Crippen LogP contribution in [0.2, 0.25) is 0 Å². The van der Waals surface area contributed by atoms with E-state index in [1.165, 1.54) is 9.75 Å². The first-order valence-electron chi connectivity index (χ1n) is 6.63. The van der Waals surface area contributed by atoms with Crippen molar-refractivity contribution in [2.75, 3.05) is 0 Å². The maximum atomic E-state index is 12.3. The van der Waals surface area contributed by atoms with Crippen LogP contribution in [-0.2, 0) is 21.8 Å². The lowest BCUT2D eigenvalue weighted by molar-refractivity contribution is 0.560. The van der Waals surface area contributed by atoms with Gasteiger partial charge in [0.2, 0.25) is 10.0 Å². The molecule has 0 aliphatic carbocycles. The molecule has 1 N–H and O–H groups in total. The SMILES string of the molecule is Cc1ccc(CC(C)NS(=O)(=O)c2ccc(CBr)cc2)s1. The van der Waals surface area contributed by atoms with Crippen molar-refractivity contribution < 1.29 is 8.42 Å². The van der Waals surface area contributed by atoms with Gasteiger partial charge in [-0.05, 0) is 50.1 Å². The van der Waals surface area contributed by atoms with E-state index in [0.29, 0.717) is 11.3 Å². The van der Waals surface area contributed by atoms with Crippen LogP contribution in [0.5, 0.6) is 0 Å². The molecule has 2 rings (SSSR count). The lowest BCUT2D eigenvalue weighted by atomic mass is 10.2. The first kappa shape index (κ1) is 16.7. The number of halogens is 1. The van der Waals surface area contributed by atoms with Gasteiger partial charge in [0, 0.05) is 21.1 Å². The molecule has 0 spiro atoms. The Labute approximate surface area is 138 Å². The van der Waals surface area contributed by atoms with Crippen molar-refractivity contribution in [1.82, 2.24) is 4.72 Å². The number of sulfonamides is 1. The van der Waals surface area contributed by atoms with E-state index in [1.807, 2.05) is 19.1 Å². The van der Waals surface area contributed by atoms with Gasteiger partial charge in [0.25, 0.3) is 0 Å². The lowest BCUT2D eigenvalue weighted by Crippen LogP contribution is -2.33. The predicted molar refractivity (Wildman–Crippen MR) is 91.6 cm³/mol. The highest BCUT2D eigenvalue weighted by Gasteiger charge is 2.17. The van der Waals surface area contributed by atoms with Gasteiger partial charge in [0.1, 0.15) is 0 Å². The molecule has 6 heteroatoms. The summed E-state index contributed by atoms with van der Waals surface area (Å²) in [6.07, 6.45) is 0.706. The van der Waals surface area contributed by atoms with Crippen molar-refractivity contribution in [3.63, 3.8) is 0 Å². The van der Waals surface area contributed by atoms with Crippen molar-refractivity contribution in [3.8, 4) is 0 Å². The Kier molecular flexibility index (Phi) is 5.60. The maximum Gasteiger partial charge on any atom is 0.240 e. The lowest BCUT2D eigenvalue weighted by Gasteiger charge is -2.13. The molecule has 1 heterocycles. The quantitative estimate of drug-likeness (QED) is 0.764. The third-order valence-corrected chi connectivity index (χ3v) is 6.32. The molecule has 1 atom stereocenters. The van der Waals surface area contributed by atoms with Crippen LogP contribution >= 0.6 is 27.3 Å². The van der Waals surface area contributed by atoms with Crippen LogP contribution < -0.4 is 4.72 Å². The fourth-order valence-electron chi connectivity index (χ4n) is 2.03. The Morgan fingerprint density at radius 3 is 2.38 bits per heavy atom. The molecular formula is C15H18BrNO2S2. The predicted octanol–water partition coefficient (Wildman–Crippen LogP) is 3.86. The standard InChI is InChI=1S/C15H18BrNO2S2/c1-11(9-14-6-3-12(2)20-14)17-21(18,19)15-7-4-13(10-16)5-8-15/h3-8,11,17H,9-10H2,1-2H3. The van der Waals surface area contributed by atoms with Crippen LogP contribution in [0.25, 0.3) is 0 Å². The molecule has 3 nitrogen and oxygen atoms in total. The zero-order chi connectivity index (χ0) is 15.5. The van der Waals surface area contributed by atoms with Crippen LogP contribution in [0.1, 0.15) is 22.2 Å². The van der Waals surface area contributed by atoms with E-state index in [-0.39, 0.29) is 6.04 Å². The molecule has 0 radical (unpaired) electrons. The van der Waals surface area contributed by atoms with Gasteiger partial charge in [-0.3, -0.25) is 0 Å². The molecule has 0 bridgehead atoms. The summed E-state index contributed by atoms with van der Waals surface area (Å²) in [5, 5.41) is 0.717. The van der Waals surface area contributed by atoms with Crippen molar-refractivity contribution in [1.29, 1.82) is 0 Å². The molecule has 21 heavy (non-hydrogen) atoms. The minimum Gasteiger partial charge on any atom is -0.208 e. The minimum absolute atomic E-state index is 0.135. The second kappa shape index (κ2) is 7.05. The largest absolute Gasteiger partial charge is 0.240 e. The number of rotatable bonds is 6. The highest BCUT2D eigenvalue weighted by Crippen LogP contribution is 2.18. The van der Waals surface area contributed by atoms with E-state index in [1.54, 1.807) is 23.5 Å². The summed E-state index contributed by atoms with van der Waals surface area (Å²) in [4.78, 5) is 2.74. The van der Waals surface area contributed by atoms with Crippen LogP contribution in [0.3, 0.4) is 0 Å². The Morgan fingerprint density at radius 2 is 1.86 bits per heavy atom. The van der Waals surface area contributed by atoms with Gasteiger partial charge in [0.15, 0.2) is 0 Å². The minimum atomic E-state index is -3.46. The maximum absolute atomic E-state index is 12.3. The second-order valence-corrected chi connectivity index (χ2v) is 8.66. The van der Waals surface area contributed by atoms with Crippen LogP contribution in [0, 0.1) is 6.92 Å². The first-order chi connectivity index (χ1) is 9.90. The summed E-state index contributed by atoms with van der Waals surface area (Å²) < 4.78 is 27.4. The Bertz CT molecular complexity index is 693. The summed E-state index contributed by atoms with van der Waals surface area (Å²) in [6.45, 7) is 3.94. The third kappa shape index (κ3) is 4.64. The summed E-state index contributed by atoms with van der Waals surface area (Å²) >= 11 is 5.05. The van der Waals surface area contributed by atoms with Crippen molar-refractivity contribution >= 4 is 37.3 Å². The van der Waals surface area contributed by atoms with Gasteiger partial charge in [0.05, 0.1) is 4.90 Å². The fraction of sp³-hybridized carbons (Fsp3) is 0.333. The second-order valence-electron chi connectivity index (χ2n) is 5.02. The first-order valence-corrected chi connectivity index (χ1v) is 10.1. The van der Waals surface area contributed by atoms with Crippen LogP contribution in [0.15, 0.2) is 41.3 Å². The number of nitrogens with one attached hydrogen (secondary N) is 1. The fourth-order valence-corrected chi connectivity index (χ4v) is 4.67. The van der Waals surface area contributed by atoms with Gasteiger partial charge in [-0.25, -0.2) is 13.1 Å². The van der Waals surface area contributed by atoms with E-state index in [4.69, 9.17) is 0 Å². The third-order valence-electron chi connectivity index (χ3n) is 3.05. The Hall–Kier alpha value is -0.690. The van der Waals surface area contributed by atoms with E-state index < -0.39 is 10.0 Å². The number of benzene rings is 1. The summed E-state index contributed by atoms with van der Waals surface area (Å²) in [5.41, 5.74) is 1.05.